The highest BCUT2D eigenvalue weighted by atomic mass is 16.1. The van der Waals surface area contributed by atoms with Crippen molar-refractivity contribution in [2.75, 3.05) is 6.54 Å². The van der Waals surface area contributed by atoms with Crippen molar-refractivity contribution in [1.29, 1.82) is 0 Å². The maximum Gasteiger partial charge on any atom is 0.266 e. The van der Waals surface area contributed by atoms with E-state index < -0.39 is 0 Å². The summed E-state index contributed by atoms with van der Waals surface area (Å²) in [6.45, 7) is 1.04. The first-order valence-electron chi connectivity index (χ1n) is 6.58. The van der Waals surface area contributed by atoms with Crippen molar-refractivity contribution in [3.05, 3.63) is 64.6 Å². The third kappa shape index (κ3) is 4.35. The Morgan fingerprint density at radius 3 is 2.70 bits per heavy atom. The molecular weight excluding hydrogens is 254 g/mol. The molecule has 2 aromatic rings. The van der Waals surface area contributed by atoms with E-state index in [0.29, 0.717) is 25.9 Å². The SMILES string of the molecule is O=C(Cc1ccccc1)NCCCn1ncccc1=O. The van der Waals surface area contributed by atoms with Gasteiger partial charge in [0.25, 0.3) is 5.56 Å². The van der Waals surface area contributed by atoms with Gasteiger partial charge in [0.2, 0.25) is 5.91 Å². The molecule has 0 spiro atoms. The number of hydrogen-bond acceptors (Lipinski definition) is 3. The lowest BCUT2D eigenvalue weighted by Gasteiger charge is -2.06. The molecule has 0 saturated heterocycles. The quantitative estimate of drug-likeness (QED) is 0.797. The van der Waals surface area contributed by atoms with Gasteiger partial charge in [0.15, 0.2) is 0 Å². The molecule has 0 aliphatic rings. The summed E-state index contributed by atoms with van der Waals surface area (Å²) in [7, 11) is 0. The number of hydrogen-bond donors (Lipinski definition) is 1. The highest BCUT2D eigenvalue weighted by molar-refractivity contribution is 5.78. The molecular formula is C15H17N3O2. The monoisotopic (exact) mass is 271 g/mol. The molecule has 1 aromatic heterocycles. The molecule has 0 aliphatic heterocycles. The first-order valence-corrected chi connectivity index (χ1v) is 6.58. The molecule has 5 nitrogen and oxygen atoms in total. The number of benzene rings is 1. The van der Waals surface area contributed by atoms with Gasteiger partial charge in [0, 0.05) is 25.4 Å². The van der Waals surface area contributed by atoms with Crippen LogP contribution in [0, 0.1) is 0 Å². The number of amides is 1. The van der Waals surface area contributed by atoms with Crippen molar-refractivity contribution in [1.82, 2.24) is 15.1 Å². The normalized spacial score (nSPS) is 10.2. The number of carbonyl (C=O) groups excluding carboxylic acids is 1. The molecule has 104 valence electrons. The summed E-state index contributed by atoms with van der Waals surface area (Å²) in [4.78, 5) is 23.1. The summed E-state index contributed by atoms with van der Waals surface area (Å²) < 4.78 is 1.39. The van der Waals surface area contributed by atoms with Crippen LogP contribution in [0.1, 0.15) is 12.0 Å². The summed E-state index contributed by atoms with van der Waals surface area (Å²) in [5, 5.41) is 6.79. The van der Waals surface area contributed by atoms with Crippen LogP contribution >= 0.6 is 0 Å². The molecule has 0 bridgehead atoms. The van der Waals surface area contributed by atoms with Gasteiger partial charge >= 0.3 is 0 Å². The van der Waals surface area contributed by atoms with Gasteiger partial charge in [-0.25, -0.2) is 4.68 Å². The second kappa shape index (κ2) is 7.23. The number of nitrogens with zero attached hydrogens (tertiary/aromatic N) is 2. The number of aryl methyl sites for hydroxylation is 1. The fourth-order valence-corrected chi connectivity index (χ4v) is 1.86. The fourth-order valence-electron chi connectivity index (χ4n) is 1.86. The Morgan fingerprint density at radius 2 is 1.95 bits per heavy atom. The van der Waals surface area contributed by atoms with Crippen LogP contribution in [0.5, 0.6) is 0 Å². The topological polar surface area (TPSA) is 64.0 Å². The molecule has 20 heavy (non-hydrogen) atoms. The Morgan fingerprint density at radius 1 is 1.15 bits per heavy atom. The van der Waals surface area contributed by atoms with Crippen LogP contribution in [0.3, 0.4) is 0 Å². The molecule has 5 heteroatoms. The van der Waals surface area contributed by atoms with Crippen LogP contribution < -0.4 is 10.9 Å². The van der Waals surface area contributed by atoms with E-state index in [1.807, 2.05) is 30.3 Å². The van der Waals surface area contributed by atoms with E-state index in [-0.39, 0.29) is 11.5 Å². The highest BCUT2D eigenvalue weighted by Crippen LogP contribution is 1.99. The zero-order valence-electron chi connectivity index (χ0n) is 11.2. The number of aromatic nitrogens is 2. The van der Waals surface area contributed by atoms with Crippen LogP contribution in [0.2, 0.25) is 0 Å². The van der Waals surface area contributed by atoms with E-state index >= 15 is 0 Å². The Labute approximate surface area is 117 Å². The van der Waals surface area contributed by atoms with Crippen molar-refractivity contribution in [3.63, 3.8) is 0 Å². The molecule has 2 rings (SSSR count). The average Bonchev–Trinajstić information content (AvgIpc) is 2.46. The maximum absolute atomic E-state index is 11.7. The van der Waals surface area contributed by atoms with Gasteiger partial charge in [-0.3, -0.25) is 9.59 Å². The maximum atomic E-state index is 11.7. The molecule has 0 aliphatic carbocycles. The largest absolute Gasteiger partial charge is 0.356 e. The molecule has 0 fully saturated rings. The molecule has 1 amide bonds. The average molecular weight is 271 g/mol. The van der Waals surface area contributed by atoms with Crippen LogP contribution in [-0.2, 0) is 17.8 Å². The predicted octanol–water partition coefficient (Wildman–Crippen LogP) is 0.992. The van der Waals surface area contributed by atoms with Crippen molar-refractivity contribution >= 4 is 5.91 Å². The predicted molar refractivity (Wildman–Crippen MR) is 76.3 cm³/mol. The fraction of sp³-hybridized carbons (Fsp3) is 0.267. The van der Waals surface area contributed by atoms with Crippen LogP contribution in [0.25, 0.3) is 0 Å². The summed E-state index contributed by atoms with van der Waals surface area (Å²) in [5.74, 6) is -0.00966. The molecule has 1 N–H and O–H groups in total. The lowest BCUT2D eigenvalue weighted by atomic mass is 10.1. The zero-order valence-corrected chi connectivity index (χ0v) is 11.2. The smallest absolute Gasteiger partial charge is 0.266 e. The van der Waals surface area contributed by atoms with Crippen LogP contribution in [0.4, 0.5) is 0 Å². The molecule has 0 atom stereocenters. The van der Waals surface area contributed by atoms with Crippen molar-refractivity contribution in [2.45, 2.75) is 19.4 Å². The summed E-state index contributed by atoms with van der Waals surface area (Å²) in [5.41, 5.74) is 0.869. The van der Waals surface area contributed by atoms with E-state index in [1.54, 1.807) is 12.3 Å². The van der Waals surface area contributed by atoms with Gasteiger partial charge < -0.3 is 5.32 Å². The van der Waals surface area contributed by atoms with E-state index in [4.69, 9.17) is 0 Å². The minimum atomic E-state index is -0.122. The Bertz CT molecular complexity index is 608. The van der Waals surface area contributed by atoms with Gasteiger partial charge in [0.05, 0.1) is 6.42 Å². The number of rotatable bonds is 6. The second-order valence-corrected chi connectivity index (χ2v) is 4.45. The van der Waals surface area contributed by atoms with Crippen LogP contribution in [0.15, 0.2) is 53.5 Å². The van der Waals surface area contributed by atoms with Crippen LogP contribution in [-0.4, -0.2) is 22.2 Å². The third-order valence-electron chi connectivity index (χ3n) is 2.86. The summed E-state index contributed by atoms with van der Waals surface area (Å²) in [6, 6.07) is 12.7. The minimum Gasteiger partial charge on any atom is -0.356 e. The molecule has 0 saturated carbocycles. The Kier molecular flexibility index (Phi) is 5.06. The highest BCUT2D eigenvalue weighted by Gasteiger charge is 2.02. The molecule has 0 radical (unpaired) electrons. The molecule has 1 aromatic carbocycles. The van der Waals surface area contributed by atoms with Gasteiger partial charge in [-0.2, -0.15) is 5.10 Å². The van der Waals surface area contributed by atoms with Gasteiger partial charge in [0.1, 0.15) is 0 Å². The first kappa shape index (κ1) is 14.0. The molecule has 1 heterocycles. The molecule has 0 unspecified atom stereocenters. The van der Waals surface area contributed by atoms with Crippen molar-refractivity contribution in [2.24, 2.45) is 0 Å². The Balaban J connectivity index is 1.70. The van der Waals surface area contributed by atoms with E-state index in [0.717, 1.165) is 5.56 Å². The van der Waals surface area contributed by atoms with Crippen molar-refractivity contribution < 1.29 is 4.79 Å². The van der Waals surface area contributed by atoms with E-state index in [9.17, 15) is 9.59 Å². The lowest BCUT2D eigenvalue weighted by molar-refractivity contribution is -0.120. The van der Waals surface area contributed by atoms with Gasteiger partial charge in [-0.15, -0.1) is 0 Å². The van der Waals surface area contributed by atoms with Crippen molar-refractivity contribution in [3.8, 4) is 0 Å². The Hall–Kier alpha value is -2.43. The standard InChI is InChI=1S/C15H17N3O2/c19-14(12-13-6-2-1-3-7-13)16-9-5-11-18-15(20)8-4-10-17-18/h1-4,6-8,10H,5,9,11-12H2,(H,16,19). The first-order chi connectivity index (χ1) is 9.75. The zero-order chi connectivity index (χ0) is 14.2. The van der Waals surface area contributed by atoms with Gasteiger partial charge in [-0.1, -0.05) is 30.3 Å². The van der Waals surface area contributed by atoms with E-state index in [1.165, 1.54) is 10.7 Å². The lowest BCUT2D eigenvalue weighted by Crippen LogP contribution is -2.28. The number of nitrogens with one attached hydrogen (secondary N) is 1. The van der Waals surface area contributed by atoms with Gasteiger partial charge in [-0.05, 0) is 18.1 Å². The summed E-state index contributed by atoms with van der Waals surface area (Å²) >= 11 is 0. The van der Waals surface area contributed by atoms with E-state index in [2.05, 4.69) is 10.4 Å². The minimum absolute atomic E-state index is 0.00966. The number of carbonyl (C=O) groups is 1. The third-order valence-corrected chi connectivity index (χ3v) is 2.86. The second-order valence-electron chi connectivity index (χ2n) is 4.45. The summed E-state index contributed by atoms with van der Waals surface area (Å²) in [6.07, 6.45) is 2.64.